The highest BCUT2D eigenvalue weighted by Crippen LogP contribution is 2.25. The number of hydrogen-bond donors (Lipinski definition) is 1. The van der Waals surface area contributed by atoms with Crippen molar-refractivity contribution in [1.29, 1.82) is 0 Å². The number of carboxylic acids is 1. The van der Waals surface area contributed by atoms with Crippen LogP contribution in [0.3, 0.4) is 0 Å². The van der Waals surface area contributed by atoms with Crippen LogP contribution in [-0.2, 0) is 15.9 Å². The summed E-state index contributed by atoms with van der Waals surface area (Å²) in [5.41, 5.74) is 0.830. The number of rotatable bonds is 5. The van der Waals surface area contributed by atoms with Gasteiger partial charge in [-0.15, -0.1) is 0 Å². The Bertz CT molecular complexity index is 780. The number of ether oxygens (including phenoxy) is 2. The van der Waals surface area contributed by atoms with Crippen LogP contribution >= 0.6 is 0 Å². The number of carbonyl (C=O) groups is 3. The minimum absolute atomic E-state index is 0.0275. The molecule has 2 rings (SSSR count). The standard InChI is InChI=1S/C18H16O6/c1-23-17(21)13-9-8-12(16(19)20)14(15(13)18(22)24-2)10-11-6-4-3-5-7-11/h3-9H,10H2,1-2H3,(H,19,20). The smallest absolute Gasteiger partial charge is 0.339 e. The van der Waals surface area contributed by atoms with Crippen LogP contribution in [0.25, 0.3) is 0 Å². The maximum atomic E-state index is 12.2. The summed E-state index contributed by atoms with van der Waals surface area (Å²) in [6.07, 6.45) is 0.164. The van der Waals surface area contributed by atoms with Crippen molar-refractivity contribution in [2.24, 2.45) is 0 Å². The SMILES string of the molecule is COC(=O)c1ccc(C(=O)O)c(Cc2ccccc2)c1C(=O)OC. The van der Waals surface area contributed by atoms with E-state index in [1.807, 2.05) is 6.07 Å². The molecule has 2 aromatic carbocycles. The van der Waals surface area contributed by atoms with Crippen molar-refractivity contribution in [3.63, 3.8) is 0 Å². The summed E-state index contributed by atoms with van der Waals surface area (Å²) >= 11 is 0. The van der Waals surface area contributed by atoms with E-state index >= 15 is 0 Å². The zero-order chi connectivity index (χ0) is 17.7. The lowest BCUT2D eigenvalue weighted by Gasteiger charge is -2.15. The molecule has 0 atom stereocenters. The van der Waals surface area contributed by atoms with Crippen LogP contribution < -0.4 is 0 Å². The zero-order valence-electron chi connectivity index (χ0n) is 13.2. The molecule has 6 nitrogen and oxygen atoms in total. The predicted octanol–water partition coefficient (Wildman–Crippen LogP) is 2.55. The Hall–Kier alpha value is -3.15. The fourth-order valence-electron chi connectivity index (χ4n) is 2.45. The van der Waals surface area contributed by atoms with Gasteiger partial charge in [-0.3, -0.25) is 0 Å². The molecule has 0 spiro atoms. The molecular formula is C18H16O6. The first kappa shape index (κ1) is 17.2. The molecule has 6 heteroatoms. The second-order valence-corrected chi connectivity index (χ2v) is 4.96. The monoisotopic (exact) mass is 328 g/mol. The van der Waals surface area contributed by atoms with Gasteiger partial charge in [-0.05, 0) is 29.7 Å². The van der Waals surface area contributed by atoms with E-state index in [-0.39, 0.29) is 28.7 Å². The molecule has 0 amide bonds. The molecule has 0 aromatic heterocycles. The van der Waals surface area contributed by atoms with Crippen molar-refractivity contribution in [2.75, 3.05) is 14.2 Å². The first-order chi connectivity index (χ1) is 11.5. The molecule has 24 heavy (non-hydrogen) atoms. The number of hydrogen-bond acceptors (Lipinski definition) is 5. The molecule has 0 saturated carbocycles. The summed E-state index contributed by atoms with van der Waals surface area (Å²) in [7, 11) is 2.36. The van der Waals surface area contributed by atoms with Gasteiger partial charge in [0.2, 0.25) is 0 Å². The molecule has 0 aliphatic rings. The Morgan fingerprint density at radius 3 is 2.00 bits per heavy atom. The van der Waals surface area contributed by atoms with Gasteiger partial charge in [-0.25, -0.2) is 14.4 Å². The molecule has 0 aliphatic carbocycles. The van der Waals surface area contributed by atoms with E-state index in [1.165, 1.54) is 26.4 Å². The van der Waals surface area contributed by atoms with Gasteiger partial charge in [-0.1, -0.05) is 30.3 Å². The fraction of sp³-hybridized carbons (Fsp3) is 0.167. The van der Waals surface area contributed by atoms with Gasteiger partial charge in [0.05, 0.1) is 30.9 Å². The number of benzene rings is 2. The molecule has 0 saturated heterocycles. The Labute approximate surface area is 138 Å². The van der Waals surface area contributed by atoms with Crippen molar-refractivity contribution in [1.82, 2.24) is 0 Å². The van der Waals surface area contributed by atoms with Crippen LogP contribution in [0.5, 0.6) is 0 Å². The summed E-state index contributed by atoms with van der Waals surface area (Å²) in [5, 5.41) is 9.44. The van der Waals surface area contributed by atoms with E-state index < -0.39 is 17.9 Å². The van der Waals surface area contributed by atoms with Gasteiger partial charge in [0, 0.05) is 0 Å². The van der Waals surface area contributed by atoms with Crippen LogP contribution in [0.2, 0.25) is 0 Å². The Morgan fingerprint density at radius 1 is 0.875 bits per heavy atom. The van der Waals surface area contributed by atoms with Gasteiger partial charge in [0.1, 0.15) is 0 Å². The second kappa shape index (κ2) is 7.41. The first-order valence-corrected chi connectivity index (χ1v) is 7.09. The van der Waals surface area contributed by atoms with E-state index in [1.54, 1.807) is 24.3 Å². The summed E-state index contributed by atoms with van der Waals surface area (Å²) in [5.74, 6) is -2.71. The highest BCUT2D eigenvalue weighted by molar-refractivity contribution is 6.06. The van der Waals surface area contributed by atoms with Gasteiger partial charge in [-0.2, -0.15) is 0 Å². The Balaban J connectivity index is 2.72. The lowest BCUT2D eigenvalue weighted by atomic mass is 9.91. The van der Waals surface area contributed by atoms with Crippen LogP contribution in [0.4, 0.5) is 0 Å². The van der Waals surface area contributed by atoms with Gasteiger partial charge >= 0.3 is 17.9 Å². The predicted molar refractivity (Wildman–Crippen MR) is 85.3 cm³/mol. The van der Waals surface area contributed by atoms with Crippen molar-refractivity contribution in [3.8, 4) is 0 Å². The largest absolute Gasteiger partial charge is 0.478 e. The lowest BCUT2D eigenvalue weighted by Crippen LogP contribution is -2.18. The van der Waals surface area contributed by atoms with E-state index in [0.29, 0.717) is 0 Å². The number of aromatic carboxylic acids is 1. The molecule has 1 N–H and O–H groups in total. The molecule has 0 aliphatic heterocycles. The average molecular weight is 328 g/mol. The van der Waals surface area contributed by atoms with Crippen molar-refractivity contribution in [2.45, 2.75) is 6.42 Å². The molecule has 0 radical (unpaired) electrons. The molecule has 124 valence electrons. The summed E-state index contributed by atoms with van der Waals surface area (Å²) in [6.45, 7) is 0. The molecule has 0 bridgehead atoms. The highest BCUT2D eigenvalue weighted by Gasteiger charge is 2.26. The molecule has 0 heterocycles. The summed E-state index contributed by atoms with van der Waals surface area (Å²) < 4.78 is 9.43. The van der Waals surface area contributed by atoms with Crippen LogP contribution in [-0.4, -0.2) is 37.2 Å². The molecular weight excluding hydrogens is 312 g/mol. The fourth-order valence-corrected chi connectivity index (χ4v) is 2.45. The van der Waals surface area contributed by atoms with Gasteiger partial charge in [0.15, 0.2) is 0 Å². The van der Waals surface area contributed by atoms with Crippen LogP contribution in [0.15, 0.2) is 42.5 Å². The van der Waals surface area contributed by atoms with E-state index in [9.17, 15) is 19.5 Å². The average Bonchev–Trinajstić information content (AvgIpc) is 2.60. The number of carboxylic acid groups (broad SMARTS) is 1. The van der Waals surface area contributed by atoms with Crippen molar-refractivity contribution in [3.05, 3.63) is 70.3 Å². The molecule has 0 unspecified atom stereocenters. The minimum Gasteiger partial charge on any atom is -0.478 e. The normalized spacial score (nSPS) is 10.1. The highest BCUT2D eigenvalue weighted by atomic mass is 16.5. The second-order valence-electron chi connectivity index (χ2n) is 4.96. The van der Waals surface area contributed by atoms with Gasteiger partial charge < -0.3 is 14.6 Å². The van der Waals surface area contributed by atoms with E-state index in [4.69, 9.17) is 4.74 Å². The number of esters is 2. The van der Waals surface area contributed by atoms with Crippen molar-refractivity contribution < 1.29 is 29.0 Å². The number of methoxy groups -OCH3 is 2. The third kappa shape index (κ3) is 3.43. The van der Waals surface area contributed by atoms with Crippen LogP contribution in [0, 0.1) is 0 Å². The van der Waals surface area contributed by atoms with Gasteiger partial charge in [0.25, 0.3) is 0 Å². The topological polar surface area (TPSA) is 89.9 Å². The maximum absolute atomic E-state index is 12.2. The Kier molecular flexibility index (Phi) is 5.31. The summed E-state index contributed by atoms with van der Waals surface area (Å²) in [6, 6.07) is 11.6. The lowest BCUT2D eigenvalue weighted by molar-refractivity contribution is 0.0553. The quantitative estimate of drug-likeness (QED) is 0.848. The zero-order valence-corrected chi connectivity index (χ0v) is 13.2. The molecule has 2 aromatic rings. The Morgan fingerprint density at radius 2 is 1.46 bits per heavy atom. The number of carbonyl (C=O) groups excluding carboxylic acids is 2. The summed E-state index contributed by atoms with van der Waals surface area (Å²) in [4.78, 5) is 35.7. The van der Waals surface area contributed by atoms with E-state index in [2.05, 4.69) is 4.74 Å². The van der Waals surface area contributed by atoms with Crippen molar-refractivity contribution >= 4 is 17.9 Å². The first-order valence-electron chi connectivity index (χ1n) is 7.09. The third-order valence-corrected chi connectivity index (χ3v) is 3.56. The third-order valence-electron chi connectivity index (χ3n) is 3.56. The van der Waals surface area contributed by atoms with Crippen LogP contribution in [0.1, 0.15) is 42.2 Å². The minimum atomic E-state index is -1.19. The van der Waals surface area contributed by atoms with E-state index in [0.717, 1.165) is 5.56 Å². The maximum Gasteiger partial charge on any atom is 0.339 e. The molecule has 0 fully saturated rings.